The first-order valence-corrected chi connectivity index (χ1v) is 11.7. The third-order valence-corrected chi connectivity index (χ3v) is 7.40. The van der Waals surface area contributed by atoms with Crippen LogP contribution in [-0.4, -0.2) is 25.4 Å². The van der Waals surface area contributed by atoms with Crippen LogP contribution in [-0.2, 0) is 21.4 Å². The monoisotopic (exact) mass is 431 g/mol. The number of rotatable bonds is 5. The first kappa shape index (κ1) is 19.7. The second-order valence-electron chi connectivity index (χ2n) is 7.00. The molecule has 1 fully saturated rings. The van der Waals surface area contributed by atoms with Gasteiger partial charge in [-0.3, -0.25) is 18.9 Å². The van der Waals surface area contributed by atoms with E-state index >= 15 is 0 Å². The predicted molar refractivity (Wildman–Crippen MR) is 115 cm³/mol. The highest BCUT2D eigenvalue weighted by atomic mass is 32.2. The summed E-state index contributed by atoms with van der Waals surface area (Å²) in [5, 5.41) is 0. The highest BCUT2D eigenvalue weighted by molar-refractivity contribution is 7.92. The molecule has 1 saturated heterocycles. The lowest BCUT2D eigenvalue weighted by Crippen LogP contribution is -2.24. The molecule has 1 N–H and O–H groups in total. The van der Waals surface area contributed by atoms with E-state index in [4.69, 9.17) is 0 Å². The van der Waals surface area contributed by atoms with Gasteiger partial charge in [-0.25, -0.2) is 8.42 Å². The summed E-state index contributed by atoms with van der Waals surface area (Å²) < 4.78 is 30.6. The first-order chi connectivity index (χ1) is 13.8. The summed E-state index contributed by atoms with van der Waals surface area (Å²) in [4.78, 5) is 25.7. The quantitative estimate of drug-likeness (QED) is 0.671. The lowest BCUT2D eigenvalue weighted by atomic mass is 10.1. The number of amides is 1. The largest absolute Gasteiger partial charge is 0.312 e. The normalized spacial score (nSPS) is 14.7. The van der Waals surface area contributed by atoms with Crippen LogP contribution in [0, 0.1) is 6.92 Å². The smallest absolute Gasteiger partial charge is 0.308 e. The molecule has 0 radical (unpaired) electrons. The summed E-state index contributed by atoms with van der Waals surface area (Å²) in [6.45, 7) is 4.95. The van der Waals surface area contributed by atoms with Gasteiger partial charge in [0.05, 0.1) is 15.1 Å². The van der Waals surface area contributed by atoms with Crippen LogP contribution in [0.2, 0.25) is 0 Å². The van der Waals surface area contributed by atoms with Gasteiger partial charge in [-0.2, -0.15) is 0 Å². The highest BCUT2D eigenvalue weighted by Crippen LogP contribution is 2.29. The molecule has 0 atom stereocenters. The SMILES string of the molecule is CCn1c(=O)sc2cc(S(=O)(=O)Nc3ccc(N4CCCC4=O)c(C)c3)ccc21. The Morgan fingerprint density at radius 2 is 1.93 bits per heavy atom. The van der Waals surface area contributed by atoms with Crippen LogP contribution in [0.3, 0.4) is 0 Å². The maximum atomic E-state index is 12.9. The summed E-state index contributed by atoms with van der Waals surface area (Å²) in [6.07, 6.45) is 1.38. The Kier molecular flexibility index (Phi) is 4.95. The third-order valence-electron chi connectivity index (χ3n) is 5.08. The van der Waals surface area contributed by atoms with Gasteiger partial charge in [-0.15, -0.1) is 0 Å². The Morgan fingerprint density at radius 3 is 2.59 bits per heavy atom. The van der Waals surface area contributed by atoms with E-state index in [0.29, 0.717) is 29.9 Å². The van der Waals surface area contributed by atoms with Crippen LogP contribution in [0.25, 0.3) is 10.2 Å². The lowest BCUT2D eigenvalue weighted by molar-refractivity contribution is -0.117. The van der Waals surface area contributed by atoms with Crippen molar-refractivity contribution in [2.24, 2.45) is 0 Å². The Morgan fingerprint density at radius 1 is 1.14 bits per heavy atom. The number of anilines is 2. The van der Waals surface area contributed by atoms with E-state index in [-0.39, 0.29) is 15.7 Å². The summed E-state index contributed by atoms with van der Waals surface area (Å²) in [5.41, 5.74) is 2.80. The molecule has 9 heteroatoms. The fraction of sp³-hybridized carbons (Fsp3) is 0.300. The van der Waals surface area contributed by atoms with E-state index in [1.165, 1.54) is 12.1 Å². The molecule has 2 heterocycles. The van der Waals surface area contributed by atoms with Crippen molar-refractivity contribution in [3.8, 4) is 0 Å². The Labute approximate surface area is 172 Å². The van der Waals surface area contributed by atoms with E-state index in [2.05, 4.69) is 4.72 Å². The number of fused-ring (bicyclic) bond motifs is 1. The van der Waals surface area contributed by atoms with Crippen molar-refractivity contribution in [1.29, 1.82) is 0 Å². The van der Waals surface area contributed by atoms with Crippen molar-refractivity contribution in [2.45, 2.75) is 38.1 Å². The molecule has 4 rings (SSSR count). The molecule has 0 unspecified atom stereocenters. The topological polar surface area (TPSA) is 88.5 Å². The average Bonchev–Trinajstić information content (AvgIpc) is 3.22. The number of sulfonamides is 1. The lowest BCUT2D eigenvalue weighted by Gasteiger charge is -2.19. The number of thiazole rings is 1. The van der Waals surface area contributed by atoms with Gasteiger partial charge >= 0.3 is 4.87 Å². The molecule has 29 heavy (non-hydrogen) atoms. The Hall–Kier alpha value is -2.65. The average molecular weight is 432 g/mol. The summed E-state index contributed by atoms with van der Waals surface area (Å²) in [7, 11) is -3.81. The zero-order valence-electron chi connectivity index (χ0n) is 16.1. The minimum Gasteiger partial charge on any atom is -0.312 e. The molecule has 0 spiro atoms. The van der Waals surface area contributed by atoms with Crippen molar-refractivity contribution in [3.63, 3.8) is 0 Å². The molecule has 0 aliphatic carbocycles. The van der Waals surface area contributed by atoms with E-state index in [1.807, 2.05) is 13.8 Å². The maximum absolute atomic E-state index is 12.9. The van der Waals surface area contributed by atoms with Crippen LogP contribution in [0.15, 0.2) is 46.1 Å². The van der Waals surface area contributed by atoms with Crippen molar-refractivity contribution >= 4 is 48.9 Å². The molecule has 1 aliphatic rings. The van der Waals surface area contributed by atoms with Crippen LogP contribution in [0.4, 0.5) is 11.4 Å². The molecular weight excluding hydrogens is 410 g/mol. The third kappa shape index (κ3) is 3.56. The van der Waals surface area contributed by atoms with Crippen LogP contribution < -0.4 is 14.5 Å². The number of aryl methyl sites for hydroxylation is 2. The molecule has 0 saturated carbocycles. The maximum Gasteiger partial charge on any atom is 0.308 e. The number of aromatic nitrogens is 1. The van der Waals surface area contributed by atoms with Gasteiger partial charge in [0, 0.05) is 30.9 Å². The fourth-order valence-corrected chi connectivity index (χ4v) is 5.80. The van der Waals surface area contributed by atoms with Gasteiger partial charge < -0.3 is 4.90 Å². The molecular formula is C20H21N3O4S2. The molecule has 1 amide bonds. The van der Waals surface area contributed by atoms with Gasteiger partial charge in [-0.1, -0.05) is 11.3 Å². The highest BCUT2D eigenvalue weighted by Gasteiger charge is 2.23. The van der Waals surface area contributed by atoms with Gasteiger partial charge in [-0.05, 0) is 62.2 Å². The minimum atomic E-state index is -3.81. The van der Waals surface area contributed by atoms with Crippen molar-refractivity contribution in [1.82, 2.24) is 4.57 Å². The minimum absolute atomic E-state index is 0.0905. The molecule has 3 aromatic rings. The molecule has 0 bridgehead atoms. The van der Waals surface area contributed by atoms with E-state index in [9.17, 15) is 18.0 Å². The van der Waals surface area contributed by atoms with Gasteiger partial charge in [0.25, 0.3) is 10.0 Å². The molecule has 1 aromatic heterocycles. The van der Waals surface area contributed by atoms with Crippen LogP contribution in [0.5, 0.6) is 0 Å². The molecule has 7 nitrogen and oxygen atoms in total. The number of nitrogens with one attached hydrogen (secondary N) is 1. The number of carbonyl (C=O) groups excluding carboxylic acids is 1. The van der Waals surface area contributed by atoms with E-state index in [0.717, 1.165) is 34.5 Å². The summed E-state index contributed by atoms with van der Waals surface area (Å²) in [6, 6.07) is 9.86. The number of nitrogens with zero attached hydrogens (tertiary/aromatic N) is 2. The Bertz CT molecular complexity index is 1270. The molecule has 152 valence electrons. The number of hydrogen-bond donors (Lipinski definition) is 1. The molecule has 2 aromatic carbocycles. The van der Waals surface area contributed by atoms with E-state index < -0.39 is 10.0 Å². The number of carbonyl (C=O) groups is 1. The van der Waals surface area contributed by atoms with Gasteiger partial charge in [0.1, 0.15) is 0 Å². The summed E-state index contributed by atoms with van der Waals surface area (Å²) in [5.74, 6) is 0.0905. The van der Waals surface area contributed by atoms with Crippen LogP contribution in [0.1, 0.15) is 25.3 Å². The van der Waals surface area contributed by atoms with E-state index in [1.54, 1.807) is 33.7 Å². The van der Waals surface area contributed by atoms with Crippen molar-refractivity contribution in [2.75, 3.05) is 16.2 Å². The number of benzene rings is 2. The predicted octanol–water partition coefficient (Wildman–Crippen LogP) is 3.32. The first-order valence-electron chi connectivity index (χ1n) is 9.37. The zero-order chi connectivity index (χ0) is 20.8. The van der Waals surface area contributed by atoms with Crippen molar-refractivity contribution < 1.29 is 13.2 Å². The standard InChI is InChI=1S/C20H21N3O4S2/c1-3-22-17-9-7-15(12-18(17)28-20(22)25)29(26,27)21-14-6-8-16(13(2)11-14)23-10-4-5-19(23)24/h6-9,11-12,21H,3-5,10H2,1-2H3. The number of hydrogen-bond acceptors (Lipinski definition) is 5. The van der Waals surface area contributed by atoms with Gasteiger partial charge in [0.15, 0.2) is 0 Å². The zero-order valence-corrected chi connectivity index (χ0v) is 17.8. The van der Waals surface area contributed by atoms with Gasteiger partial charge in [0.2, 0.25) is 5.91 Å². The second-order valence-corrected chi connectivity index (χ2v) is 9.67. The van der Waals surface area contributed by atoms with Crippen molar-refractivity contribution in [3.05, 3.63) is 51.6 Å². The van der Waals surface area contributed by atoms with Crippen LogP contribution >= 0.6 is 11.3 Å². The summed E-state index contributed by atoms with van der Waals surface area (Å²) >= 11 is 1.04. The molecule has 1 aliphatic heterocycles. The fourth-order valence-electron chi connectivity index (χ4n) is 3.65. The second kappa shape index (κ2) is 7.31. The Balaban J connectivity index is 1.63.